The van der Waals surface area contributed by atoms with Crippen molar-refractivity contribution < 1.29 is 0 Å². The van der Waals surface area contributed by atoms with Gasteiger partial charge in [-0.1, -0.05) is 0 Å². The fourth-order valence-electron chi connectivity index (χ4n) is 0.785. The normalized spacial score (nSPS) is 11.7. The van der Waals surface area contributed by atoms with Crippen LogP contribution in [-0.4, -0.2) is 29.9 Å². The van der Waals surface area contributed by atoms with Crippen LogP contribution in [0.2, 0.25) is 5.32 Å². The van der Waals surface area contributed by atoms with Gasteiger partial charge in [-0.15, -0.1) is 0 Å². The molecule has 0 radical (unpaired) electrons. The van der Waals surface area contributed by atoms with Gasteiger partial charge in [0, 0.05) is 0 Å². The van der Waals surface area contributed by atoms with E-state index in [0.717, 1.165) is 15.0 Å². The van der Waals surface area contributed by atoms with Gasteiger partial charge in [0.05, 0.1) is 0 Å². The molecular formula is C10H11ISe2. The first-order valence-electron chi connectivity index (χ1n) is 4.03. The van der Waals surface area contributed by atoms with Gasteiger partial charge in [0.25, 0.3) is 0 Å². The number of rotatable bonds is 4. The van der Waals surface area contributed by atoms with Crippen LogP contribution in [0.15, 0.2) is 37.8 Å². The molecule has 0 saturated heterocycles. The summed E-state index contributed by atoms with van der Waals surface area (Å²) in [6, 6.07) is 10.7. The van der Waals surface area contributed by atoms with Gasteiger partial charge < -0.3 is 0 Å². The molecule has 70 valence electrons. The van der Waals surface area contributed by atoms with Crippen molar-refractivity contribution in [3.05, 3.63) is 37.8 Å². The Hall–Kier alpha value is 0.729. The third kappa shape index (κ3) is 5.24. The Morgan fingerprint density at radius 2 is 2.08 bits per heavy atom. The Labute approximate surface area is 106 Å². The Morgan fingerprint density at radius 1 is 1.38 bits per heavy atom. The molecule has 0 N–H and O–H groups in total. The van der Waals surface area contributed by atoms with Gasteiger partial charge in [0.15, 0.2) is 0 Å². The minimum atomic E-state index is 0.536. The van der Waals surface area contributed by atoms with E-state index in [0.29, 0.717) is 15.0 Å². The van der Waals surface area contributed by atoms with Crippen molar-refractivity contribution in [3.8, 4) is 0 Å². The van der Waals surface area contributed by atoms with Gasteiger partial charge in [-0.05, 0) is 0 Å². The van der Waals surface area contributed by atoms with E-state index in [1.807, 2.05) is 0 Å². The monoisotopic (exact) mass is 418 g/mol. The van der Waals surface area contributed by atoms with E-state index in [2.05, 4.69) is 64.8 Å². The fraction of sp³-hybridized carbons (Fsp3) is 0.200. The summed E-state index contributed by atoms with van der Waals surface area (Å²) < 4.78 is 3.03. The van der Waals surface area contributed by atoms with E-state index in [1.165, 1.54) is 9.78 Å². The summed E-state index contributed by atoms with van der Waals surface area (Å²) in [6.45, 7) is 2.25. The van der Waals surface area contributed by atoms with Gasteiger partial charge in [0.1, 0.15) is 0 Å². The van der Waals surface area contributed by atoms with Crippen LogP contribution >= 0.6 is 22.6 Å². The van der Waals surface area contributed by atoms with Crippen molar-refractivity contribution in [2.75, 3.05) is 0 Å². The third-order valence-corrected chi connectivity index (χ3v) is 8.26. The Kier molecular flexibility index (Phi) is 6.43. The summed E-state index contributed by atoms with van der Waals surface area (Å²) in [5.74, 6) is 0. The Balaban J connectivity index is 2.47. The zero-order valence-electron chi connectivity index (χ0n) is 7.37. The molecule has 0 heterocycles. The van der Waals surface area contributed by atoms with E-state index in [9.17, 15) is 0 Å². The van der Waals surface area contributed by atoms with E-state index >= 15 is 0 Å². The number of hydrogen-bond donors (Lipinski definition) is 0. The Bertz CT molecular complexity index is 270. The summed E-state index contributed by atoms with van der Waals surface area (Å²) >= 11 is 3.73. The van der Waals surface area contributed by atoms with Crippen molar-refractivity contribution in [2.45, 2.75) is 12.2 Å². The van der Waals surface area contributed by atoms with Crippen molar-refractivity contribution in [2.24, 2.45) is 0 Å². The SMILES string of the molecule is CC[Se]/C(I)=C\[Se]c1ccccc1. The van der Waals surface area contributed by atoms with Crippen molar-refractivity contribution in [1.82, 2.24) is 0 Å². The van der Waals surface area contributed by atoms with E-state index in [-0.39, 0.29) is 0 Å². The van der Waals surface area contributed by atoms with Crippen LogP contribution < -0.4 is 4.46 Å². The molecule has 0 nitrogen and oxygen atoms in total. The van der Waals surface area contributed by atoms with Crippen LogP contribution in [0.5, 0.6) is 0 Å². The minimum absolute atomic E-state index is 0.536. The van der Waals surface area contributed by atoms with Crippen LogP contribution in [0.1, 0.15) is 6.92 Å². The van der Waals surface area contributed by atoms with Crippen molar-refractivity contribution in [3.63, 3.8) is 0 Å². The van der Waals surface area contributed by atoms with E-state index in [4.69, 9.17) is 0 Å². The molecule has 1 rings (SSSR count). The summed E-state index contributed by atoms with van der Waals surface area (Å²) in [5.41, 5.74) is 0. The molecule has 13 heavy (non-hydrogen) atoms. The summed E-state index contributed by atoms with van der Waals surface area (Å²) in [6.07, 6.45) is 0. The maximum absolute atomic E-state index is 2.47. The first kappa shape index (κ1) is 11.8. The average Bonchev–Trinajstić information content (AvgIpc) is 2.17. The molecular weight excluding hydrogens is 405 g/mol. The second kappa shape index (κ2) is 7.08. The first-order chi connectivity index (χ1) is 6.33. The van der Waals surface area contributed by atoms with Crippen molar-refractivity contribution >= 4 is 57.0 Å². The predicted molar refractivity (Wildman–Crippen MR) is 70.2 cm³/mol. The third-order valence-electron chi connectivity index (χ3n) is 1.31. The second-order valence-electron chi connectivity index (χ2n) is 2.29. The molecule has 0 aromatic heterocycles. The van der Waals surface area contributed by atoms with Gasteiger partial charge >= 0.3 is 107 Å². The van der Waals surface area contributed by atoms with Crippen LogP contribution in [0.3, 0.4) is 0 Å². The summed E-state index contributed by atoms with van der Waals surface area (Å²) in [5, 5.41) is 1.31. The predicted octanol–water partition coefficient (Wildman–Crippen LogP) is 2.39. The average molecular weight is 416 g/mol. The van der Waals surface area contributed by atoms with Crippen molar-refractivity contribution in [1.29, 1.82) is 0 Å². The second-order valence-corrected chi connectivity index (χ2v) is 9.81. The number of hydrogen-bond acceptors (Lipinski definition) is 0. The number of halogens is 1. The molecule has 0 aliphatic rings. The van der Waals surface area contributed by atoms with Crippen LogP contribution in [0.25, 0.3) is 0 Å². The molecule has 0 bridgehead atoms. The van der Waals surface area contributed by atoms with E-state index in [1.54, 1.807) is 2.48 Å². The molecule has 1 aromatic rings. The zero-order valence-corrected chi connectivity index (χ0v) is 12.9. The van der Waals surface area contributed by atoms with Gasteiger partial charge in [-0.25, -0.2) is 0 Å². The molecule has 0 spiro atoms. The zero-order chi connectivity index (χ0) is 9.52. The molecule has 0 atom stereocenters. The molecule has 0 unspecified atom stereocenters. The topological polar surface area (TPSA) is 0 Å². The van der Waals surface area contributed by atoms with Crippen LogP contribution in [-0.2, 0) is 0 Å². The number of benzene rings is 1. The molecule has 1 aromatic carbocycles. The van der Waals surface area contributed by atoms with Gasteiger partial charge in [-0.3, -0.25) is 0 Å². The standard InChI is InChI=1S/C10H11ISe2/c1-2-12-10(11)8-13-9-6-4-3-5-7-9/h3-8H,2H2,1H3/b10-8-. The van der Waals surface area contributed by atoms with Crippen LogP contribution in [0, 0.1) is 0 Å². The van der Waals surface area contributed by atoms with Gasteiger partial charge in [0.2, 0.25) is 0 Å². The molecule has 0 aliphatic heterocycles. The summed E-state index contributed by atoms with van der Waals surface area (Å²) in [4.78, 5) is 2.41. The quantitative estimate of drug-likeness (QED) is 0.523. The molecule has 0 fully saturated rings. The Morgan fingerprint density at radius 3 is 2.69 bits per heavy atom. The van der Waals surface area contributed by atoms with Gasteiger partial charge in [-0.2, -0.15) is 0 Å². The fourth-order valence-corrected chi connectivity index (χ4v) is 6.19. The maximum atomic E-state index is 2.47. The van der Waals surface area contributed by atoms with E-state index < -0.39 is 0 Å². The first-order valence-corrected chi connectivity index (χ1v) is 9.02. The molecule has 0 amide bonds. The van der Waals surface area contributed by atoms with Crippen LogP contribution in [0.4, 0.5) is 0 Å². The summed E-state index contributed by atoms with van der Waals surface area (Å²) in [7, 11) is 0. The molecule has 3 heteroatoms. The molecule has 0 aliphatic carbocycles. The molecule has 0 saturated carbocycles.